The summed E-state index contributed by atoms with van der Waals surface area (Å²) in [5.41, 5.74) is 10.3. The van der Waals surface area contributed by atoms with E-state index in [-0.39, 0.29) is 5.91 Å². The van der Waals surface area contributed by atoms with Crippen LogP contribution < -0.4 is 16.0 Å². The van der Waals surface area contributed by atoms with Gasteiger partial charge in [-0.3, -0.25) is 4.79 Å². The van der Waals surface area contributed by atoms with Gasteiger partial charge in [0.05, 0.1) is 17.1 Å². The average molecular weight is 364 g/mol. The number of nitrogens with one attached hydrogen (secondary N) is 1. The first-order chi connectivity index (χ1) is 12.7. The average Bonchev–Trinajstić information content (AvgIpc) is 3.02. The lowest BCUT2D eigenvalue weighted by atomic mass is 9.86. The summed E-state index contributed by atoms with van der Waals surface area (Å²) in [5, 5.41) is 3.88. The van der Waals surface area contributed by atoms with Crippen molar-refractivity contribution in [1.29, 1.82) is 0 Å². The second-order valence-electron chi connectivity index (χ2n) is 7.02. The van der Waals surface area contributed by atoms with E-state index in [0.717, 1.165) is 28.9 Å². The minimum absolute atomic E-state index is 0.129. The number of nitrogen functional groups attached to an aromatic ring is 1. The van der Waals surface area contributed by atoms with Gasteiger partial charge in [0, 0.05) is 30.9 Å². The molecule has 0 spiro atoms. The van der Waals surface area contributed by atoms with Crippen molar-refractivity contribution in [1.82, 2.24) is 10.3 Å². The van der Waals surface area contributed by atoms with E-state index in [0.29, 0.717) is 23.0 Å². The Labute approximate surface area is 155 Å². The SMILES string of the molecule is Nc1c(C(=O)NCc2ccccc2)sc2nc3c(cc12)N1CCC3CC1. The van der Waals surface area contributed by atoms with Crippen LogP contribution >= 0.6 is 11.3 Å². The highest BCUT2D eigenvalue weighted by Gasteiger charge is 2.33. The Morgan fingerprint density at radius 3 is 2.81 bits per heavy atom. The second kappa shape index (κ2) is 5.99. The Kier molecular flexibility index (Phi) is 3.60. The Balaban J connectivity index is 1.47. The normalized spacial score (nSPS) is 16.1. The summed E-state index contributed by atoms with van der Waals surface area (Å²) in [6.07, 6.45) is 2.35. The molecule has 5 nitrogen and oxygen atoms in total. The summed E-state index contributed by atoms with van der Waals surface area (Å²) in [6.45, 7) is 2.69. The van der Waals surface area contributed by atoms with Gasteiger partial charge in [0.1, 0.15) is 9.71 Å². The van der Waals surface area contributed by atoms with Crippen LogP contribution in [0.25, 0.3) is 10.2 Å². The van der Waals surface area contributed by atoms with Crippen molar-refractivity contribution in [3.8, 4) is 0 Å². The maximum absolute atomic E-state index is 12.7. The van der Waals surface area contributed by atoms with Gasteiger partial charge in [-0.1, -0.05) is 30.3 Å². The maximum Gasteiger partial charge on any atom is 0.263 e. The summed E-state index contributed by atoms with van der Waals surface area (Å²) in [6, 6.07) is 12.0. The van der Waals surface area contributed by atoms with Crippen LogP contribution in [-0.2, 0) is 6.54 Å². The van der Waals surface area contributed by atoms with E-state index < -0.39 is 0 Å². The molecule has 0 saturated carbocycles. The minimum atomic E-state index is -0.129. The topological polar surface area (TPSA) is 71.2 Å². The molecule has 1 amide bonds. The fourth-order valence-electron chi connectivity index (χ4n) is 4.02. The van der Waals surface area contributed by atoms with Gasteiger partial charge in [0.2, 0.25) is 0 Å². The predicted molar refractivity (Wildman–Crippen MR) is 106 cm³/mol. The van der Waals surface area contributed by atoms with E-state index in [1.165, 1.54) is 35.6 Å². The number of amides is 1. The second-order valence-corrected chi connectivity index (χ2v) is 8.02. The number of thiophene rings is 1. The Morgan fingerprint density at radius 1 is 1.27 bits per heavy atom. The first kappa shape index (κ1) is 15.6. The number of nitrogens with two attached hydrogens (primary N) is 1. The van der Waals surface area contributed by atoms with Crippen LogP contribution in [0.4, 0.5) is 11.4 Å². The van der Waals surface area contributed by atoms with Gasteiger partial charge < -0.3 is 16.0 Å². The Bertz CT molecular complexity index is 990. The number of hydrogen-bond acceptors (Lipinski definition) is 5. The van der Waals surface area contributed by atoms with Gasteiger partial charge in [-0.25, -0.2) is 4.98 Å². The van der Waals surface area contributed by atoms with Crippen LogP contribution in [-0.4, -0.2) is 24.0 Å². The van der Waals surface area contributed by atoms with Crippen molar-refractivity contribution in [3.05, 3.63) is 52.5 Å². The molecule has 0 radical (unpaired) electrons. The highest BCUT2D eigenvalue weighted by molar-refractivity contribution is 7.21. The lowest BCUT2D eigenvalue weighted by Gasteiger charge is -2.41. The number of fused-ring (bicyclic) bond motifs is 3. The molecule has 132 valence electrons. The molecular weight excluding hydrogens is 344 g/mol. The molecule has 1 saturated heterocycles. The molecule has 3 aromatic rings. The number of rotatable bonds is 3. The van der Waals surface area contributed by atoms with Gasteiger partial charge >= 0.3 is 0 Å². The van der Waals surface area contributed by atoms with E-state index in [2.05, 4.69) is 16.3 Å². The Morgan fingerprint density at radius 2 is 2.04 bits per heavy atom. The van der Waals surface area contributed by atoms with Crippen molar-refractivity contribution in [2.24, 2.45) is 0 Å². The highest BCUT2D eigenvalue weighted by Crippen LogP contribution is 2.44. The number of carbonyl (C=O) groups is 1. The lowest BCUT2D eigenvalue weighted by molar-refractivity contribution is 0.0956. The maximum atomic E-state index is 12.7. The van der Waals surface area contributed by atoms with Crippen LogP contribution in [0.1, 0.15) is 39.7 Å². The number of carbonyl (C=O) groups excluding carboxylic acids is 1. The highest BCUT2D eigenvalue weighted by atomic mass is 32.1. The summed E-state index contributed by atoms with van der Waals surface area (Å²) >= 11 is 1.40. The zero-order valence-electron chi connectivity index (χ0n) is 14.4. The monoisotopic (exact) mass is 364 g/mol. The molecule has 6 rings (SSSR count). The van der Waals surface area contributed by atoms with Crippen molar-refractivity contribution in [2.75, 3.05) is 23.7 Å². The Hall–Kier alpha value is -2.60. The number of aromatic nitrogens is 1. The zero-order chi connectivity index (χ0) is 17.7. The number of anilines is 2. The van der Waals surface area contributed by atoms with Crippen LogP contribution in [0.2, 0.25) is 0 Å². The van der Waals surface area contributed by atoms with Gasteiger partial charge in [-0.2, -0.15) is 0 Å². The zero-order valence-corrected chi connectivity index (χ0v) is 15.2. The molecule has 26 heavy (non-hydrogen) atoms. The molecule has 6 heteroatoms. The summed E-state index contributed by atoms with van der Waals surface area (Å²) < 4.78 is 0. The molecule has 1 fully saturated rings. The summed E-state index contributed by atoms with van der Waals surface area (Å²) in [5.74, 6) is 0.425. The third kappa shape index (κ3) is 2.44. The molecule has 2 aromatic heterocycles. The van der Waals surface area contributed by atoms with Crippen molar-refractivity contribution in [2.45, 2.75) is 25.3 Å². The predicted octanol–water partition coefficient (Wildman–Crippen LogP) is 3.51. The molecule has 3 aliphatic rings. The van der Waals surface area contributed by atoms with Gasteiger partial charge in [-0.15, -0.1) is 11.3 Å². The van der Waals surface area contributed by atoms with Gasteiger partial charge in [-0.05, 0) is 24.5 Å². The van der Waals surface area contributed by atoms with E-state index >= 15 is 0 Å². The van der Waals surface area contributed by atoms with Crippen LogP contribution in [0, 0.1) is 0 Å². The van der Waals surface area contributed by atoms with Crippen molar-refractivity contribution < 1.29 is 4.79 Å². The van der Waals surface area contributed by atoms with Crippen molar-refractivity contribution in [3.63, 3.8) is 0 Å². The smallest absolute Gasteiger partial charge is 0.263 e. The molecule has 1 aromatic carbocycles. The van der Waals surface area contributed by atoms with E-state index in [1.54, 1.807) is 0 Å². The van der Waals surface area contributed by atoms with Crippen LogP contribution in [0.5, 0.6) is 0 Å². The molecule has 5 heterocycles. The molecule has 2 bridgehead atoms. The van der Waals surface area contributed by atoms with E-state index in [9.17, 15) is 4.79 Å². The number of nitrogens with zero attached hydrogens (tertiary/aromatic N) is 2. The summed E-state index contributed by atoms with van der Waals surface area (Å²) in [7, 11) is 0. The third-order valence-corrected chi connectivity index (χ3v) is 6.57. The van der Waals surface area contributed by atoms with E-state index in [4.69, 9.17) is 10.7 Å². The number of pyridine rings is 1. The molecule has 3 N–H and O–H groups in total. The number of piperidine rings is 1. The molecule has 3 aliphatic heterocycles. The molecule has 0 unspecified atom stereocenters. The minimum Gasteiger partial charge on any atom is -0.397 e. The molecular formula is C20H20N4OS. The largest absolute Gasteiger partial charge is 0.397 e. The number of hydrogen-bond donors (Lipinski definition) is 2. The number of benzene rings is 1. The van der Waals surface area contributed by atoms with Gasteiger partial charge in [0.15, 0.2) is 0 Å². The fourth-order valence-corrected chi connectivity index (χ4v) is 5.02. The van der Waals surface area contributed by atoms with E-state index in [1.807, 2.05) is 30.3 Å². The first-order valence-corrected chi connectivity index (χ1v) is 9.82. The van der Waals surface area contributed by atoms with Crippen molar-refractivity contribution >= 4 is 38.8 Å². The lowest BCUT2D eigenvalue weighted by Crippen LogP contribution is -2.39. The van der Waals surface area contributed by atoms with Crippen LogP contribution in [0.3, 0.4) is 0 Å². The standard InChI is InChI=1S/C20H20N4OS/c21-16-14-10-15-17(13-6-8-24(15)9-7-13)23-20(14)26-18(16)19(25)22-11-12-4-2-1-3-5-12/h1-5,10,13H,6-9,11,21H2,(H,22,25). The quantitative estimate of drug-likeness (QED) is 0.746. The summed E-state index contributed by atoms with van der Waals surface area (Å²) in [4.78, 5) is 21.4. The molecule has 0 atom stereocenters. The molecule has 0 aliphatic carbocycles. The third-order valence-electron chi connectivity index (χ3n) is 5.45. The van der Waals surface area contributed by atoms with Gasteiger partial charge in [0.25, 0.3) is 5.91 Å². The van der Waals surface area contributed by atoms with Crippen LogP contribution in [0.15, 0.2) is 36.4 Å². The first-order valence-electron chi connectivity index (χ1n) is 9.00. The fraction of sp³-hybridized carbons (Fsp3) is 0.300.